The lowest BCUT2D eigenvalue weighted by Crippen LogP contribution is -2.35. The molecule has 1 aliphatic heterocycles. The lowest BCUT2D eigenvalue weighted by Gasteiger charge is -2.22. The lowest BCUT2D eigenvalue weighted by atomic mass is 10.0. The highest BCUT2D eigenvalue weighted by atomic mass is 16.2. The molecule has 13 heavy (non-hydrogen) atoms. The molecular formula is C11H15NO. The zero-order valence-electron chi connectivity index (χ0n) is 7.83. The second-order valence-corrected chi connectivity index (χ2v) is 4.02. The number of carbonyl (C=O) groups is 1. The summed E-state index contributed by atoms with van der Waals surface area (Å²) in [5.74, 6) is 3.38. The van der Waals surface area contributed by atoms with Gasteiger partial charge in [-0.25, -0.2) is 0 Å². The summed E-state index contributed by atoms with van der Waals surface area (Å²) >= 11 is 0. The quantitative estimate of drug-likeness (QED) is 0.554. The van der Waals surface area contributed by atoms with E-state index in [1.165, 1.54) is 25.7 Å². The number of carbonyl (C=O) groups excluding carboxylic acids is 1. The summed E-state index contributed by atoms with van der Waals surface area (Å²) in [5, 5.41) is 0. The lowest BCUT2D eigenvalue weighted by molar-refractivity contribution is -0.131. The molecule has 1 aliphatic carbocycles. The van der Waals surface area contributed by atoms with Gasteiger partial charge in [0.1, 0.15) is 0 Å². The number of fused-ring (bicyclic) bond motifs is 1. The Hall–Kier alpha value is -0.970. The first-order valence-corrected chi connectivity index (χ1v) is 5.06. The summed E-state index contributed by atoms with van der Waals surface area (Å²) in [6, 6.07) is 0.529. The molecule has 0 spiro atoms. The Morgan fingerprint density at radius 2 is 2.31 bits per heavy atom. The number of nitrogens with zero attached hydrogens (tertiary/aromatic N) is 1. The Morgan fingerprint density at radius 1 is 1.46 bits per heavy atom. The van der Waals surface area contributed by atoms with Crippen LogP contribution >= 0.6 is 0 Å². The van der Waals surface area contributed by atoms with Gasteiger partial charge in [-0.15, -0.1) is 6.42 Å². The van der Waals surface area contributed by atoms with Crippen molar-refractivity contribution in [2.24, 2.45) is 5.92 Å². The van der Waals surface area contributed by atoms with Crippen molar-refractivity contribution in [2.45, 2.75) is 38.1 Å². The Balaban J connectivity index is 2.01. The zero-order chi connectivity index (χ0) is 9.26. The van der Waals surface area contributed by atoms with Gasteiger partial charge in [0.25, 0.3) is 0 Å². The summed E-state index contributed by atoms with van der Waals surface area (Å²) < 4.78 is 0. The van der Waals surface area contributed by atoms with Crippen LogP contribution in [0.3, 0.4) is 0 Å². The SMILES string of the molecule is C#CCC(=O)N1CCC2CCCC21. The molecule has 1 amide bonds. The Bertz CT molecular complexity index is 253. The molecule has 0 aromatic heterocycles. The fraction of sp³-hybridized carbons (Fsp3) is 0.727. The number of rotatable bonds is 1. The first-order valence-electron chi connectivity index (χ1n) is 5.06. The van der Waals surface area contributed by atoms with Gasteiger partial charge in [0.2, 0.25) is 5.91 Å². The van der Waals surface area contributed by atoms with Crippen molar-refractivity contribution < 1.29 is 4.79 Å². The molecule has 0 N–H and O–H groups in total. The highest BCUT2D eigenvalue weighted by Crippen LogP contribution is 2.37. The molecule has 0 bridgehead atoms. The molecule has 1 saturated heterocycles. The van der Waals surface area contributed by atoms with Crippen LogP contribution in [0.2, 0.25) is 0 Å². The summed E-state index contributed by atoms with van der Waals surface area (Å²) in [5.41, 5.74) is 0. The number of likely N-dealkylation sites (tertiary alicyclic amines) is 1. The van der Waals surface area contributed by atoms with E-state index in [-0.39, 0.29) is 12.3 Å². The predicted molar refractivity (Wildman–Crippen MR) is 50.9 cm³/mol. The normalized spacial score (nSPS) is 31.5. The van der Waals surface area contributed by atoms with E-state index in [2.05, 4.69) is 5.92 Å². The minimum Gasteiger partial charge on any atom is -0.339 e. The minimum atomic E-state index is 0.164. The van der Waals surface area contributed by atoms with Gasteiger partial charge in [0.15, 0.2) is 0 Å². The first-order chi connectivity index (χ1) is 6.33. The smallest absolute Gasteiger partial charge is 0.234 e. The number of terminal acetylenes is 1. The van der Waals surface area contributed by atoms with E-state index in [9.17, 15) is 4.79 Å². The third-order valence-corrected chi connectivity index (χ3v) is 3.33. The number of hydrogen-bond donors (Lipinski definition) is 0. The molecule has 0 aromatic rings. The van der Waals surface area contributed by atoms with Crippen molar-refractivity contribution >= 4 is 5.91 Å². The van der Waals surface area contributed by atoms with E-state index >= 15 is 0 Å². The highest BCUT2D eigenvalue weighted by Gasteiger charge is 2.39. The predicted octanol–water partition coefficient (Wildman–Crippen LogP) is 1.41. The highest BCUT2D eigenvalue weighted by molar-refractivity contribution is 5.79. The monoisotopic (exact) mass is 177 g/mol. The van der Waals surface area contributed by atoms with Crippen molar-refractivity contribution in [1.29, 1.82) is 0 Å². The van der Waals surface area contributed by atoms with Crippen LogP contribution in [0.15, 0.2) is 0 Å². The van der Waals surface area contributed by atoms with E-state index in [4.69, 9.17) is 6.42 Å². The van der Waals surface area contributed by atoms with Gasteiger partial charge in [-0.3, -0.25) is 4.79 Å². The fourth-order valence-corrected chi connectivity index (χ4v) is 2.73. The maximum atomic E-state index is 11.6. The maximum Gasteiger partial charge on any atom is 0.234 e. The van der Waals surface area contributed by atoms with Gasteiger partial charge in [-0.05, 0) is 25.2 Å². The topological polar surface area (TPSA) is 20.3 Å². The molecule has 2 aliphatic rings. The summed E-state index contributed by atoms with van der Waals surface area (Å²) in [4.78, 5) is 13.6. The van der Waals surface area contributed by atoms with Crippen molar-refractivity contribution in [3.8, 4) is 12.3 Å². The van der Waals surface area contributed by atoms with Gasteiger partial charge < -0.3 is 4.90 Å². The maximum absolute atomic E-state index is 11.6. The van der Waals surface area contributed by atoms with Crippen LogP contribution in [0.25, 0.3) is 0 Å². The van der Waals surface area contributed by atoms with E-state index in [0.29, 0.717) is 6.04 Å². The van der Waals surface area contributed by atoms with Crippen LogP contribution in [0.5, 0.6) is 0 Å². The van der Waals surface area contributed by atoms with E-state index < -0.39 is 0 Å². The molecule has 1 saturated carbocycles. The van der Waals surface area contributed by atoms with E-state index in [1.807, 2.05) is 4.90 Å². The number of hydrogen-bond acceptors (Lipinski definition) is 1. The number of amides is 1. The average molecular weight is 177 g/mol. The molecule has 0 aromatic carbocycles. The Morgan fingerprint density at radius 3 is 3.08 bits per heavy atom. The second kappa shape index (κ2) is 3.41. The van der Waals surface area contributed by atoms with Gasteiger partial charge in [0.05, 0.1) is 6.42 Å². The average Bonchev–Trinajstić information content (AvgIpc) is 2.62. The van der Waals surface area contributed by atoms with Crippen molar-refractivity contribution in [3.63, 3.8) is 0 Å². The molecule has 2 rings (SSSR count). The third-order valence-electron chi connectivity index (χ3n) is 3.33. The van der Waals surface area contributed by atoms with Gasteiger partial charge in [-0.1, -0.05) is 12.3 Å². The summed E-state index contributed by atoms with van der Waals surface area (Å²) in [6.45, 7) is 0.940. The summed E-state index contributed by atoms with van der Waals surface area (Å²) in [6.07, 6.45) is 10.4. The third kappa shape index (κ3) is 1.44. The molecule has 2 unspecified atom stereocenters. The Labute approximate surface area is 79.3 Å². The molecule has 2 atom stereocenters. The van der Waals surface area contributed by atoms with Crippen LogP contribution < -0.4 is 0 Å². The van der Waals surface area contributed by atoms with Crippen LogP contribution in [-0.2, 0) is 4.79 Å². The zero-order valence-corrected chi connectivity index (χ0v) is 7.83. The van der Waals surface area contributed by atoms with Crippen LogP contribution in [0, 0.1) is 18.3 Å². The molecule has 2 fully saturated rings. The molecule has 2 heteroatoms. The molecule has 70 valence electrons. The van der Waals surface area contributed by atoms with Crippen LogP contribution in [-0.4, -0.2) is 23.4 Å². The van der Waals surface area contributed by atoms with Gasteiger partial charge in [0, 0.05) is 12.6 Å². The van der Waals surface area contributed by atoms with Crippen LogP contribution in [0.1, 0.15) is 32.1 Å². The van der Waals surface area contributed by atoms with E-state index in [1.54, 1.807) is 0 Å². The largest absolute Gasteiger partial charge is 0.339 e. The molecular weight excluding hydrogens is 162 g/mol. The van der Waals surface area contributed by atoms with Gasteiger partial charge >= 0.3 is 0 Å². The van der Waals surface area contributed by atoms with Crippen molar-refractivity contribution in [2.75, 3.05) is 6.54 Å². The van der Waals surface area contributed by atoms with Gasteiger partial charge in [-0.2, -0.15) is 0 Å². The first kappa shape index (κ1) is 8.62. The van der Waals surface area contributed by atoms with E-state index in [0.717, 1.165) is 12.5 Å². The van der Waals surface area contributed by atoms with Crippen molar-refractivity contribution in [3.05, 3.63) is 0 Å². The molecule has 1 heterocycles. The molecule has 0 radical (unpaired) electrons. The Kier molecular flexibility index (Phi) is 2.26. The van der Waals surface area contributed by atoms with Crippen molar-refractivity contribution in [1.82, 2.24) is 4.90 Å². The fourth-order valence-electron chi connectivity index (χ4n) is 2.73. The standard InChI is InChI=1S/C11H15NO/c1-2-4-11(13)12-8-7-9-5-3-6-10(9)12/h1,9-10H,3-8H2. The minimum absolute atomic E-state index is 0.164. The molecule has 2 nitrogen and oxygen atoms in total. The van der Waals surface area contributed by atoms with Crippen LogP contribution in [0.4, 0.5) is 0 Å². The summed E-state index contributed by atoms with van der Waals surface area (Å²) in [7, 11) is 0. The second-order valence-electron chi connectivity index (χ2n) is 4.02.